The topological polar surface area (TPSA) is 157 Å². The standard InChI is InChI=1S/C8H18N8O4/c1-13(2)15(7(9)19)11-5(17)6(18)12-16(8(10)20)14(3)4/h1-4H3,(H2,9,19)(H2,10,20)(H,11,17)(H,12,18). The summed E-state index contributed by atoms with van der Waals surface area (Å²) in [7, 11) is 5.66. The highest BCUT2D eigenvalue weighted by Gasteiger charge is 2.24. The molecule has 0 aromatic heterocycles. The molecule has 0 fully saturated rings. The fourth-order valence-corrected chi connectivity index (χ4v) is 0.998. The van der Waals surface area contributed by atoms with Crippen molar-refractivity contribution in [3.05, 3.63) is 0 Å². The van der Waals surface area contributed by atoms with Crippen LogP contribution in [0.3, 0.4) is 0 Å². The van der Waals surface area contributed by atoms with Crippen molar-refractivity contribution in [3.8, 4) is 0 Å². The van der Waals surface area contributed by atoms with Crippen molar-refractivity contribution < 1.29 is 19.2 Å². The van der Waals surface area contributed by atoms with Crippen molar-refractivity contribution in [1.82, 2.24) is 31.1 Å². The Kier molecular flexibility index (Phi) is 6.18. The molecule has 0 aliphatic carbocycles. The van der Waals surface area contributed by atoms with Gasteiger partial charge >= 0.3 is 23.9 Å². The summed E-state index contributed by atoms with van der Waals surface area (Å²) in [6, 6.07) is -2.01. The lowest BCUT2D eigenvalue weighted by Crippen LogP contribution is -2.62. The Bertz CT molecular complexity index is 371. The molecule has 0 saturated heterocycles. The van der Waals surface area contributed by atoms with Crippen LogP contribution in [-0.4, -0.2) is 72.3 Å². The number of amides is 6. The minimum atomic E-state index is -1.22. The van der Waals surface area contributed by atoms with Crippen LogP contribution in [0.25, 0.3) is 0 Å². The van der Waals surface area contributed by atoms with Crippen LogP contribution < -0.4 is 22.3 Å². The molecule has 12 heteroatoms. The van der Waals surface area contributed by atoms with Crippen LogP contribution >= 0.6 is 0 Å². The third-order valence-corrected chi connectivity index (χ3v) is 1.84. The summed E-state index contributed by atoms with van der Waals surface area (Å²) in [4.78, 5) is 45.1. The van der Waals surface area contributed by atoms with E-state index in [0.717, 1.165) is 10.0 Å². The van der Waals surface area contributed by atoms with Gasteiger partial charge in [-0.3, -0.25) is 9.59 Å². The van der Waals surface area contributed by atoms with Crippen LogP contribution in [0.15, 0.2) is 0 Å². The van der Waals surface area contributed by atoms with Crippen molar-refractivity contribution in [3.63, 3.8) is 0 Å². The van der Waals surface area contributed by atoms with Gasteiger partial charge in [0, 0.05) is 28.2 Å². The van der Waals surface area contributed by atoms with Crippen LogP contribution in [0.5, 0.6) is 0 Å². The zero-order chi connectivity index (χ0) is 16.0. The number of hydrazine groups is 4. The number of nitrogens with two attached hydrogens (primary N) is 2. The molecular weight excluding hydrogens is 272 g/mol. The number of nitrogens with zero attached hydrogens (tertiary/aromatic N) is 4. The number of nitrogens with one attached hydrogen (secondary N) is 2. The maximum Gasteiger partial charge on any atom is 0.348 e. The lowest BCUT2D eigenvalue weighted by Gasteiger charge is -2.28. The number of hydrogen-bond donors (Lipinski definition) is 4. The van der Waals surface area contributed by atoms with Gasteiger partial charge < -0.3 is 11.5 Å². The second kappa shape index (κ2) is 7.10. The number of primary amides is 2. The van der Waals surface area contributed by atoms with Crippen LogP contribution in [0.1, 0.15) is 0 Å². The summed E-state index contributed by atoms with van der Waals surface area (Å²) in [5.41, 5.74) is 13.9. The molecule has 0 aromatic rings. The van der Waals surface area contributed by atoms with Crippen molar-refractivity contribution in [2.75, 3.05) is 28.2 Å². The highest BCUT2D eigenvalue weighted by molar-refractivity contribution is 6.35. The van der Waals surface area contributed by atoms with Gasteiger partial charge in [-0.25, -0.2) is 30.5 Å². The monoisotopic (exact) mass is 290 g/mol. The van der Waals surface area contributed by atoms with Crippen LogP contribution in [0, 0.1) is 0 Å². The summed E-state index contributed by atoms with van der Waals surface area (Å²) in [5, 5.41) is 3.50. The first-order valence-electron chi connectivity index (χ1n) is 5.23. The lowest BCUT2D eigenvalue weighted by molar-refractivity contribution is -0.149. The molecule has 0 spiro atoms. The second-order valence-corrected chi connectivity index (χ2v) is 3.88. The maximum absolute atomic E-state index is 11.5. The Morgan fingerprint density at radius 1 is 0.700 bits per heavy atom. The molecule has 0 saturated carbocycles. The first-order valence-corrected chi connectivity index (χ1v) is 5.23. The third-order valence-electron chi connectivity index (χ3n) is 1.84. The van der Waals surface area contributed by atoms with Gasteiger partial charge in [0.25, 0.3) is 0 Å². The minimum absolute atomic E-state index is 0.603. The molecule has 6 N–H and O–H groups in total. The molecular formula is C8H18N8O4. The fraction of sp³-hybridized carbons (Fsp3) is 0.500. The van der Waals surface area contributed by atoms with Gasteiger partial charge in [-0.15, -0.1) is 0 Å². The largest absolute Gasteiger partial charge is 0.349 e. The molecule has 0 rings (SSSR count). The minimum Gasteiger partial charge on any atom is -0.349 e. The fourth-order valence-electron chi connectivity index (χ4n) is 0.998. The third kappa shape index (κ3) is 4.95. The average Bonchev–Trinajstić information content (AvgIpc) is 2.30. The number of hydrogen-bond acceptors (Lipinski definition) is 6. The summed E-state index contributed by atoms with van der Waals surface area (Å²) in [5.74, 6) is -2.43. The van der Waals surface area contributed by atoms with Gasteiger partial charge in [0.15, 0.2) is 0 Å². The molecule has 0 atom stereocenters. The van der Waals surface area contributed by atoms with Gasteiger partial charge in [-0.2, -0.15) is 10.2 Å². The molecule has 114 valence electrons. The first-order chi connectivity index (χ1) is 9.07. The predicted molar refractivity (Wildman–Crippen MR) is 66.5 cm³/mol. The Morgan fingerprint density at radius 3 is 1.10 bits per heavy atom. The maximum atomic E-state index is 11.5. The molecule has 12 nitrogen and oxygen atoms in total. The van der Waals surface area contributed by atoms with E-state index >= 15 is 0 Å². The van der Waals surface area contributed by atoms with E-state index in [4.69, 9.17) is 11.5 Å². The van der Waals surface area contributed by atoms with Crippen molar-refractivity contribution in [2.45, 2.75) is 0 Å². The van der Waals surface area contributed by atoms with Gasteiger partial charge in [0.05, 0.1) is 0 Å². The lowest BCUT2D eigenvalue weighted by atomic mass is 10.6. The van der Waals surface area contributed by atoms with E-state index in [1.54, 1.807) is 0 Å². The molecule has 20 heavy (non-hydrogen) atoms. The van der Waals surface area contributed by atoms with Crippen molar-refractivity contribution in [1.29, 1.82) is 0 Å². The summed E-state index contributed by atoms with van der Waals surface area (Å²) in [6.45, 7) is 0. The molecule has 0 aliphatic heterocycles. The summed E-state index contributed by atoms with van der Waals surface area (Å²) in [6.07, 6.45) is 0. The zero-order valence-corrected chi connectivity index (χ0v) is 11.6. The number of urea groups is 2. The van der Waals surface area contributed by atoms with E-state index in [1.165, 1.54) is 28.2 Å². The Hall–Kier alpha value is -2.60. The van der Waals surface area contributed by atoms with Gasteiger partial charge in [0.1, 0.15) is 0 Å². The molecule has 0 bridgehead atoms. The molecule has 0 radical (unpaired) electrons. The number of rotatable bonds is 2. The van der Waals surface area contributed by atoms with Crippen LogP contribution in [0.4, 0.5) is 9.59 Å². The van der Waals surface area contributed by atoms with E-state index in [9.17, 15) is 19.2 Å². The van der Waals surface area contributed by atoms with Crippen LogP contribution in [-0.2, 0) is 9.59 Å². The van der Waals surface area contributed by atoms with E-state index < -0.39 is 23.9 Å². The Balaban J connectivity index is 4.74. The normalized spacial score (nSPS) is 10.1. The van der Waals surface area contributed by atoms with Gasteiger partial charge in [-0.05, 0) is 0 Å². The molecule has 0 heterocycles. The van der Waals surface area contributed by atoms with E-state index in [2.05, 4.69) is 0 Å². The van der Waals surface area contributed by atoms with Crippen molar-refractivity contribution >= 4 is 23.9 Å². The smallest absolute Gasteiger partial charge is 0.348 e. The number of carbonyl (C=O) groups excluding carboxylic acids is 4. The van der Waals surface area contributed by atoms with E-state index in [-0.39, 0.29) is 0 Å². The van der Waals surface area contributed by atoms with E-state index in [0.29, 0.717) is 10.2 Å². The van der Waals surface area contributed by atoms with Crippen LogP contribution in [0.2, 0.25) is 0 Å². The Morgan fingerprint density at radius 2 is 0.950 bits per heavy atom. The van der Waals surface area contributed by atoms with Gasteiger partial charge in [-0.1, -0.05) is 0 Å². The number of carbonyl (C=O) groups is 4. The molecule has 6 amide bonds. The van der Waals surface area contributed by atoms with E-state index in [1.807, 2.05) is 10.9 Å². The quantitative estimate of drug-likeness (QED) is 0.309. The molecule has 0 aliphatic rings. The highest BCUT2D eigenvalue weighted by Crippen LogP contribution is 1.88. The summed E-state index contributed by atoms with van der Waals surface area (Å²) >= 11 is 0. The Labute approximate surface area is 115 Å². The molecule has 0 aromatic carbocycles. The summed E-state index contributed by atoms with van der Waals surface area (Å²) < 4.78 is 0. The first kappa shape index (κ1) is 17.4. The second-order valence-electron chi connectivity index (χ2n) is 3.88. The SMILES string of the molecule is CN(C)N(NC(=O)C(=O)NN(C(N)=O)N(C)C)C(N)=O. The highest BCUT2D eigenvalue weighted by atomic mass is 16.2. The van der Waals surface area contributed by atoms with Gasteiger partial charge in [0.2, 0.25) is 0 Å². The molecule has 0 unspecified atom stereocenters. The average molecular weight is 290 g/mol. The van der Waals surface area contributed by atoms with Crippen molar-refractivity contribution in [2.24, 2.45) is 11.5 Å². The zero-order valence-electron chi connectivity index (χ0n) is 11.6. The predicted octanol–water partition coefficient (Wildman–Crippen LogP) is -3.24.